The van der Waals surface area contributed by atoms with Gasteiger partial charge in [-0.05, 0) is 26.0 Å². The van der Waals surface area contributed by atoms with Crippen LogP contribution in [0.5, 0.6) is 0 Å². The zero-order chi connectivity index (χ0) is 13.0. The second-order valence-corrected chi connectivity index (χ2v) is 5.67. The van der Waals surface area contributed by atoms with Crippen LogP contribution in [-0.4, -0.2) is 13.2 Å². The summed E-state index contributed by atoms with van der Waals surface area (Å²) in [6.07, 6.45) is 1.63. The Morgan fingerprint density at radius 1 is 1.11 bits per heavy atom. The van der Waals surface area contributed by atoms with Gasteiger partial charge in [0, 0.05) is 6.20 Å². The Morgan fingerprint density at radius 2 is 1.72 bits per heavy atom. The van der Waals surface area contributed by atoms with E-state index in [1.165, 1.54) is 0 Å². The Hall–Kier alpha value is -1.29. The summed E-state index contributed by atoms with van der Waals surface area (Å²) in [6.45, 7) is 4.24. The molecule has 0 spiro atoms. The van der Waals surface area contributed by atoms with Gasteiger partial charge in [-0.15, -0.1) is 0 Å². The SMILES string of the molecule is CCOP(=O)(OCC)C1=CNc2ccccc2N1. The van der Waals surface area contributed by atoms with E-state index in [1.807, 2.05) is 24.3 Å². The average molecular weight is 268 g/mol. The third-order valence-corrected chi connectivity index (χ3v) is 4.47. The molecular formula is C12H17N2O3P. The van der Waals surface area contributed by atoms with Crippen LogP contribution in [0.2, 0.25) is 0 Å². The Balaban J connectivity index is 2.25. The van der Waals surface area contributed by atoms with Crippen LogP contribution in [0.3, 0.4) is 0 Å². The van der Waals surface area contributed by atoms with Crippen molar-refractivity contribution in [3.05, 3.63) is 35.9 Å². The molecule has 1 aromatic rings. The molecule has 6 heteroatoms. The monoisotopic (exact) mass is 268 g/mol. The fourth-order valence-corrected chi connectivity index (χ4v) is 3.21. The van der Waals surface area contributed by atoms with Crippen molar-refractivity contribution in [1.82, 2.24) is 0 Å². The largest absolute Gasteiger partial charge is 0.378 e. The molecule has 1 aromatic carbocycles. The van der Waals surface area contributed by atoms with E-state index < -0.39 is 7.60 Å². The predicted octanol–water partition coefficient (Wildman–Crippen LogP) is 3.59. The van der Waals surface area contributed by atoms with Gasteiger partial charge in [-0.2, -0.15) is 0 Å². The summed E-state index contributed by atoms with van der Waals surface area (Å²) in [5, 5.41) is 6.17. The molecule has 98 valence electrons. The van der Waals surface area contributed by atoms with E-state index in [1.54, 1.807) is 20.0 Å². The highest BCUT2D eigenvalue weighted by Crippen LogP contribution is 2.56. The fraction of sp³-hybridized carbons (Fsp3) is 0.333. The highest BCUT2D eigenvalue weighted by atomic mass is 31.2. The lowest BCUT2D eigenvalue weighted by Crippen LogP contribution is -2.13. The summed E-state index contributed by atoms with van der Waals surface area (Å²) < 4.78 is 23.1. The average Bonchev–Trinajstić information content (AvgIpc) is 2.39. The summed E-state index contributed by atoms with van der Waals surface area (Å²) >= 11 is 0. The minimum atomic E-state index is -3.26. The molecule has 2 rings (SSSR count). The zero-order valence-corrected chi connectivity index (χ0v) is 11.4. The summed E-state index contributed by atoms with van der Waals surface area (Å²) in [5.74, 6) is 0. The number of hydrogen-bond acceptors (Lipinski definition) is 5. The first-order chi connectivity index (χ1) is 8.69. The molecule has 1 heterocycles. The van der Waals surface area contributed by atoms with Crippen molar-refractivity contribution in [3.63, 3.8) is 0 Å². The van der Waals surface area contributed by atoms with Crippen LogP contribution >= 0.6 is 7.60 Å². The number of anilines is 2. The minimum absolute atomic E-state index is 0.331. The lowest BCUT2D eigenvalue weighted by Gasteiger charge is -2.25. The van der Waals surface area contributed by atoms with Crippen molar-refractivity contribution < 1.29 is 13.6 Å². The zero-order valence-electron chi connectivity index (χ0n) is 10.5. The molecule has 0 unspecified atom stereocenters. The van der Waals surface area contributed by atoms with E-state index in [9.17, 15) is 4.57 Å². The molecule has 0 saturated carbocycles. The van der Waals surface area contributed by atoms with E-state index in [-0.39, 0.29) is 0 Å². The smallest absolute Gasteiger partial charge is 0.358 e. The Labute approximate surface area is 107 Å². The number of nitrogens with one attached hydrogen (secondary N) is 2. The Kier molecular flexibility index (Phi) is 4.07. The van der Waals surface area contributed by atoms with Crippen LogP contribution in [0.4, 0.5) is 11.4 Å². The van der Waals surface area contributed by atoms with Crippen molar-refractivity contribution in [3.8, 4) is 0 Å². The number of rotatable bonds is 5. The molecule has 0 aromatic heterocycles. The van der Waals surface area contributed by atoms with Gasteiger partial charge < -0.3 is 19.7 Å². The Bertz CT molecular complexity index is 492. The molecule has 1 aliphatic heterocycles. The van der Waals surface area contributed by atoms with Gasteiger partial charge in [0.25, 0.3) is 0 Å². The maximum atomic E-state index is 12.6. The van der Waals surface area contributed by atoms with Crippen LogP contribution in [0.25, 0.3) is 0 Å². The lowest BCUT2D eigenvalue weighted by atomic mass is 10.2. The van der Waals surface area contributed by atoms with Crippen molar-refractivity contribution in [2.45, 2.75) is 13.8 Å². The third-order valence-electron chi connectivity index (χ3n) is 2.45. The standard InChI is InChI=1S/C12H17N2O3P/c1-3-16-18(15,17-4-2)12-9-13-10-7-5-6-8-11(10)14-12/h5-9,13-14H,3-4H2,1-2H3. The van der Waals surface area contributed by atoms with Crippen molar-refractivity contribution in [2.75, 3.05) is 23.8 Å². The normalized spacial score (nSPS) is 14.2. The summed E-state index contributed by atoms with van der Waals surface area (Å²) in [6, 6.07) is 7.67. The highest BCUT2D eigenvalue weighted by molar-refractivity contribution is 7.58. The van der Waals surface area contributed by atoms with Crippen LogP contribution in [0.1, 0.15) is 13.8 Å². The van der Waals surface area contributed by atoms with E-state index in [0.717, 1.165) is 11.4 Å². The molecule has 0 aliphatic carbocycles. The highest BCUT2D eigenvalue weighted by Gasteiger charge is 2.31. The van der Waals surface area contributed by atoms with Gasteiger partial charge in [-0.3, -0.25) is 4.57 Å². The van der Waals surface area contributed by atoms with Crippen LogP contribution in [0, 0.1) is 0 Å². The molecule has 0 bridgehead atoms. The number of hydrogen-bond donors (Lipinski definition) is 2. The fourth-order valence-electron chi connectivity index (χ4n) is 1.70. The van der Waals surface area contributed by atoms with E-state index >= 15 is 0 Å². The quantitative estimate of drug-likeness (QED) is 0.799. The first-order valence-electron chi connectivity index (χ1n) is 5.92. The van der Waals surface area contributed by atoms with Crippen molar-refractivity contribution in [2.24, 2.45) is 0 Å². The van der Waals surface area contributed by atoms with Crippen LogP contribution < -0.4 is 10.6 Å². The van der Waals surface area contributed by atoms with E-state index in [0.29, 0.717) is 18.7 Å². The lowest BCUT2D eigenvalue weighted by molar-refractivity contribution is 0.226. The van der Waals surface area contributed by atoms with Gasteiger partial charge in [0.15, 0.2) is 0 Å². The Morgan fingerprint density at radius 3 is 2.33 bits per heavy atom. The molecule has 0 fully saturated rings. The summed E-state index contributed by atoms with van der Waals surface area (Å²) in [7, 11) is -3.26. The third kappa shape index (κ3) is 2.58. The van der Waals surface area contributed by atoms with Gasteiger partial charge in [-0.25, -0.2) is 0 Å². The van der Waals surface area contributed by atoms with E-state index in [4.69, 9.17) is 9.05 Å². The van der Waals surface area contributed by atoms with Gasteiger partial charge >= 0.3 is 7.60 Å². The molecule has 18 heavy (non-hydrogen) atoms. The van der Waals surface area contributed by atoms with Gasteiger partial charge in [0.1, 0.15) is 5.44 Å². The predicted molar refractivity (Wildman–Crippen MR) is 72.6 cm³/mol. The molecule has 0 atom stereocenters. The number of para-hydroxylation sites is 2. The van der Waals surface area contributed by atoms with Gasteiger partial charge in [0.2, 0.25) is 0 Å². The van der Waals surface area contributed by atoms with E-state index in [2.05, 4.69) is 10.6 Å². The molecule has 2 N–H and O–H groups in total. The topological polar surface area (TPSA) is 59.6 Å². The second kappa shape index (κ2) is 5.57. The first kappa shape index (κ1) is 13.1. The van der Waals surface area contributed by atoms with Crippen molar-refractivity contribution in [1.29, 1.82) is 0 Å². The van der Waals surface area contributed by atoms with Crippen LogP contribution in [-0.2, 0) is 13.6 Å². The minimum Gasteiger partial charge on any atom is -0.358 e. The molecule has 1 aliphatic rings. The van der Waals surface area contributed by atoms with Gasteiger partial charge in [0.05, 0.1) is 24.6 Å². The summed E-state index contributed by atoms with van der Waals surface area (Å²) in [5.41, 5.74) is 2.22. The molecule has 0 saturated heterocycles. The molecule has 0 radical (unpaired) electrons. The first-order valence-corrected chi connectivity index (χ1v) is 7.46. The van der Waals surface area contributed by atoms with Gasteiger partial charge in [-0.1, -0.05) is 12.1 Å². The number of benzene rings is 1. The van der Waals surface area contributed by atoms with Crippen LogP contribution in [0.15, 0.2) is 35.9 Å². The maximum absolute atomic E-state index is 12.6. The molecular weight excluding hydrogens is 251 g/mol. The van der Waals surface area contributed by atoms with Crippen molar-refractivity contribution >= 4 is 19.0 Å². The summed E-state index contributed by atoms with van der Waals surface area (Å²) in [4.78, 5) is 0. The molecule has 5 nitrogen and oxygen atoms in total. The molecule has 0 amide bonds. The second-order valence-electron chi connectivity index (χ2n) is 3.68. The maximum Gasteiger partial charge on any atom is 0.378 e. The number of fused-ring (bicyclic) bond motifs is 1.